The zero-order valence-electron chi connectivity index (χ0n) is 11.6. The number of carbonyl (C=O) groups excluding carboxylic acids is 1. The van der Waals surface area contributed by atoms with Gasteiger partial charge < -0.3 is 9.47 Å². The average Bonchev–Trinajstić information content (AvgIpc) is 2.75. The van der Waals surface area contributed by atoms with Gasteiger partial charge in [-0.25, -0.2) is 4.79 Å². The normalized spacial score (nSPS) is 22.6. The number of ether oxygens (including phenoxy) is 2. The molecule has 1 aliphatic heterocycles. The molecule has 104 valence electrons. The number of cyclic esters (lactones) is 2. The van der Waals surface area contributed by atoms with Gasteiger partial charge in [0.1, 0.15) is 6.61 Å². The molecule has 3 nitrogen and oxygen atoms in total. The molecule has 0 aromatic rings. The van der Waals surface area contributed by atoms with Gasteiger partial charge in [-0.05, 0) is 18.9 Å². The molecule has 18 heavy (non-hydrogen) atoms. The molecule has 0 radical (unpaired) electrons. The van der Waals surface area contributed by atoms with E-state index in [4.69, 9.17) is 9.47 Å². The third-order valence-electron chi connectivity index (χ3n) is 3.55. The first kappa shape index (κ1) is 15.1. The van der Waals surface area contributed by atoms with Crippen LogP contribution in [-0.4, -0.2) is 18.4 Å². The minimum absolute atomic E-state index is 0.325. The first-order valence-corrected chi connectivity index (χ1v) is 7.22. The Morgan fingerprint density at radius 2 is 1.78 bits per heavy atom. The van der Waals surface area contributed by atoms with Gasteiger partial charge in [0.15, 0.2) is 5.60 Å². The van der Waals surface area contributed by atoms with E-state index in [1.807, 2.05) is 0 Å². The van der Waals surface area contributed by atoms with Gasteiger partial charge in [0, 0.05) is 0 Å². The topological polar surface area (TPSA) is 35.5 Å². The second-order valence-electron chi connectivity index (χ2n) is 5.13. The molecule has 0 aromatic carbocycles. The fraction of sp³-hybridized carbons (Fsp3) is 0.800. The molecule has 1 aliphatic rings. The van der Waals surface area contributed by atoms with Crippen LogP contribution in [0.3, 0.4) is 0 Å². The van der Waals surface area contributed by atoms with Crippen LogP contribution in [0.2, 0.25) is 0 Å². The number of hydrogen-bond donors (Lipinski definition) is 0. The summed E-state index contributed by atoms with van der Waals surface area (Å²) >= 11 is 0. The van der Waals surface area contributed by atoms with Crippen LogP contribution < -0.4 is 0 Å². The smallest absolute Gasteiger partial charge is 0.430 e. The summed E-state index contributed by atoms with van der Waals surface area (Å²) in [4.78, 5) is 11.0. The van der Waals surface area contributed by atoms with E-state index < -0.39 is 11.8 Å². The summed E-state index contributed by atoms with van der Waals surface area (Å²) in [6.45, 7) is 6.30. The molecule has 1 heterocycles. The Labute approximate surface area is 111 Å². The number of unbranched alkanes of at least 4 members (excludes halogenated alkanes) is 7. The molecule has 0 saturated carbocycles. The maximum atomic E-state index is 11.0. The first-order chi connectivity index (χ1) is 8.72. The SMILES string of the molecule is C=CC1(CCCCCCCCCC)COC(=O)O1. The second kappa shape index (κ2) is 8.17. The van der Waals surface area contributed by atoms with Crippen LogP contribution in [0.1, 0.15) is 64.7 Å². The first-order valence-electron chi connectivity index (χ1n) is 7.22. The van der Waals surface area contributed by atoms with Crippen molar-refractivity contribution in [2.45, 2.75) is 70.3 Å². The molecular formula is C15H26O3. The highest BCUT2D eigenvalue weighted by molar-refractivity contribution is 5.63. The van der Waals surface area contributed by atoms with Crippen molar-refractivity contribution in [3.05, 3.63) is 12.7 Å². The lowest BCUT2D eigenvalue weighted by Gasteiger charge is -2.20. The molecule has 3 heteroatoms. The Kier molecular flexibility index (Phi) is 6.84. The fourth-order valence-electron chi connectivity index (χ4n) is 2.29. The van der Waals surface area contributed by atoms with Gasteiger partial charge in [0.2, 0.25) is 0 Å². The fourth-order valence-corrected chi connectivity index (χ4v) is 2.29. The van der Waals surface area contributed by atoms with E-state index in [0.29, 0.717) is 6.61 Å². The standard InChI is InChI=1S/C15H26O3/c1-3-5-6-7-8-9-10-11-12-15(4-2)13-17-14(16)18-15/h4H,2-3,5-13H2,1H3. The summed E-state index contributed by atoms with van der Waals surface area (Å²) < 4.78 is 10.0. The average molecular weight is 254 g/mol. The summed E-state index contributed by atoms with van der Waals surface area (Å²) in [5, 5.41) is 0. The maximum absolute atomic E-state index is 11.0. The minimum atomic E-state index is -0.561. The predicted molar refractivity (Wildman–Crippen MR) is 72.6 cm³/mol. The van der Waals surface area contributed by atoms with Crippen molar-refractivity contribution in [2.24, 2.45) is 0 Å². The van der Waals surface area contributed by atoms with Gasteiger partial charge >= 0.3 is 6.16 Å². The van der Waals surface area contributed by atoms with Crippen LogP contribution in [0.5, 0.6) is 0 Å². The van der Waals surface area contributed by atoms with Crippen molar-refractivity contribution in [3.63, 3.8) is 0 Å². The summed E-state index contributed by atoms with van der Waals surface area (Å²) in [5.74, 6) is 0. The third-order valence-corrected chi connectivity index (χ3v) is 3.55. The lowest BCUT2D eigenvalue weighted by molar-refractivity contribution is 0.0826. The van der Waals surface area contributed by atoms with E-state index >= 15 is 0 Å². The van der Waals surface area contributed by atoms with Gasteiger partial charge in [-0.1, -0.05) is 58.4 Å². The highest BCUT2D eigenvalue weighted by Crippen LogP contribution is 2.27. The molecule has 0 N–H and O–H groups in total. The largest absolute Gasteiger partial charge is 0.509 e. The van der Waals surface area contributed by atoms with E-state index in [2.05, 4.69) is 13.5 Å². The minimum Gasteiger partial charge on any atom is -0.430 e. The number of carbonyl (C=O) groups is 1. The number of hydrogen-bond acceptors (Lipinski definition) is 3. The van der Waals surface area contributed by atoms with E-state index in [-0.39, 0.29) is 0 Å². The predicted octanol–water partition coefficient (Wildman–Crippen LogP) is 4.61. The second-order valence-corrected chi connectivity index (χ2v) is 5.13. The molecule has 0 aliphatic carbocycles. The zero-order chi connectivity index (χ0) is 13.3. The quantitative estimate of drug-likeness (QED) is 0.324. The van der Waals surface area contributed by atoms with E-state index in [9.17, 15) is 4.79 Å². The van der Waals surface area contributed by atoms with Crippen LogP contribution >= 0.6 is 0 Å². The summed E-state index contributed by atoms with van der Waals surface area (Å²) in [7, 11) is 0. The summed E-state index contributed by atoms with van der Waals surface area (Å²) in [5.41, 5.74) is -0.556. The van der Waals surface area contributed by atoms with Crippen LogP contribution in [0.25, 0.3) is 0 Å². The molecule has 1 atom stereocenters. The van der Waals surface area contributed by atoms with Gasteiger partial charge in [-0.3, -0.25) is 0 Å². The van der Waals surface area contributed by atoms with Gasteiger partial charge in [0.05, 0.1) is 0 Å². The Bertz CT molecular complexity index is 262. The lowest BCUT2D eigenvalue weighted by Crippen LogP contribution is -2.28. The third kappa shape index (κ3) is 5.11. The molecule has 1 saturated heterocycles. The van der Waals surface area contributed by atoms with Crippen LogP contribution in [-0.2, 0) is 9.47 Å². The zero-order valence-corrected chi connectivity index (χ0v) is 11.6. The van der Waals surface area contributed by atoms with E-state index in [1.54, 1.807) is 6.08 Å². The highest BCUT2D eigenvalue weighted by Gasteiger charge is 2.38. The van der Waals surface area contributed by atoms with Crippen molar-refractivity contribution in [1.82, 2.24) is 0 Å². The highest BCUT2D eigenvalue weighted by atomic mass is 16.8. The molecule has 1 fully saturated rings. The summed E-state index contributed by atoms with van der Waals surface area (Å²) in [6.07, 6.45) is 12.2. The molecule has 0 spiro atoms. The van der Waals surface area contributed by atoms with Crippen molar-refractivity contribution >= 4 is 6.16 Å². The van der Waals surface area contributed by atoms with E-state index in [0.717, 1.165) is 12.8 Å². The van der Waals surface area contributed by atoms with Crippen molar-refractivity contribution in [3.8, 4) is 0 Å². The van der Waals surface area contributed by atoms with Crippen molar-refractivity contribution in [1.29, 1.82) is 0 Å². The van der Waals surface area contributed by atoms with Crippen molar-refractivity contribution in [2.75, 3.05) is 6.61 Å². The summed E-state index contributed by atoms with van der Waals surface area (Å²) in [6, 6.07) is 0. The Morgan fingerprint density at radius 3 is 2.28 bits per heavy atom. The molecule has 1 rings (SSSR count). The molecule has 0 bridgehead atoms. The van der Waals surface area contributed by atoms with Crippen LogP contribution in [0.4, 0.5) is 4.79 Å². The molecular weight excluding hydrogens is 228 g/mol. The van der Waals surface area contributed by atoms with Crippen molar-refractivity contribution < 1.29 is 14.3 Å². The Balaban J connectivity index is 2.03. The van der Waals surface area contributed by atoms with Gasteiger partial charge in [0.25, 0.3) is 0 Å². The Hall–Kier alpha value is -0.990. The number of rotatable bonds is 10. The molecule has 0 aromatic heterocycles. The van der Waals surface area contributed by atoms with E-state index in [1.165, 1.54) is 44.9 Å². The molecule has 0 amide bonds. The van der Waals surface area contributed by atoms with Crippen LogP contribution in [0.15, 0.2) is 12.7 Å². The van der Waals surface area contributed by atoms with Gasteiger partial charge in [-0.15, -0.1) is 0 Å². The van der Waals surface area contributed by atoms with Crippen LogP contribution in [0, 0.1) is 0 Å². The maximum Gasteiger partial charge on any atom is 0.509 e. The lowest BCUT2D eigenvalue weighted by atomic mass is 9.96. The molecule has 1 unspecified atom stereocenters. The van der Waals surface area contributed by atoms with Gasteiger partial charge in [-0.2, -0.15) is 0 Å². The monoisotopic (exact) mass is 254 g/mol. The Morgan fingerprint density at radius 1 is 1.17 bits per heavy atom.